The molecule has 0 fully saturated rings. The Hall–Kier alpha value is -2.37. The quantitative estimate of drug-likeness (QED) is 0.586. The predicted molar refractivity (Wildman–Crippen MR) is 92.8 cm³/mol. The molecule has 0 saturated heterocycles. The second-order valence-corrected chi connectivity index (χ2v) is 5.52. The van der Waals surface area contributed by atoms with Crippen LogP contribution in [-0.2, 0) is 14.3 Å². The lowest BCUT2D eigenvalue weighted by molar-refractivity contribution is -0.143. The maximum absolute atomic E-state index is 12.3. The third kappa shape index (κ3) is 6.02. The third-order valence-electron chi connectivity index (χ3n) is 3.61. The molecule has 24 heavy (non-hydrogen) atoms. The molecule has 0 saturated carbocycles. The number of carbonyl (C=O) groups is 3. The summed E-state index contributed by atoms with van der Waals surface area (Å²) in [6.45, 7) is 5.27. The standard InChI is InChI=1S/C18H26N2O4/c1-4-6-12-20(13-7-5-2)17(22)16(21)19-15-10-8-14(9-11-15)18(23)24-3/h8-11H,4-7,12-13H2,1-3H3,(H,19,21). The van der Waals surface area contributed by atoms with Crippen molar-refractivity contribution in [1.82, 2.24) is 4.90 Å². The van der Waals surface area contributed by atoms with Crippen molar-refractivity contribution in [2.75, 3.05) is 25.5 Å². The maximum atomic E-state index is 12.3. The predicted octanol–water partition coefficient (Wildman–Crippen LogP) is 2.84. The Morgan fingerprint density at radius 1 is 1.00 bits per heavy atom. The van der Waals surface area contributed by atoms with Crippen LogP contribution in [0.15, 0.2) is 24.3 Å². The summed E-state index contributed by atoms with van der Waals surface area (Å²) in [5.74, 6) is -1.63. The smallest absolute Gasteiger partial charge is 0.337 e. The Morgan fingerprint density at radius 3 is 2.00 bits per heavy atom. The lowest BCUT2D eigenvalue weighted by Gasteiger charge is -2.21. The van der Waals surface area contributed by atoms with Gasteiger partial charge in [-0.2, -0.15) is 0 Å². The number of carbonyl (C=O) groups excluding carboxylic acids is 3. The van der Waals surface area contributed by atoms with Crippen LogP contribution >= 0.6 is 0 Å². The number of ether oxygens (including phenoxy) is 1. The average Bonchev–Trinajstić information content (AvgIpc) is 2.61. The van der Waals surface area contributed by atoms with E-state index in [-0.39, 0.29) is 0 Å². The van der Waals surface area contributed by atoms with Crippen LogP contribution in [0.1, 0.15) is 49.9 Å². The van der Waals surface area contributed by atoms with Crippen molar-refractivity contribution in [1.29, 1.82) is 0 Å². The monoisotopic (exact) mass is 334 g/mol. The zero-order valence-corrected chi connectivity index (χ0v) is 14.6. The van der Waals surface area contributed by atoms with E-state index in [1.54, 1.807) is 17.0 Å². The van der Waals surface area contributed by atoms with Gasteiger partial charge in [0.15, 0.2) is 0 Å². The Labute approximate surface area is 143 Å². The number of anilines is 1. The van der Waals surface area contributed by atoms with Crippen LogP contribution in [0, 0.1) is 0 Å². The number of amides is 2. The minimum absolute atomic E-state index is 0.384. The molecule has 6 nitrogen and oxygen atoms in total. The van der Waals surface area contributed by atoms with E-state index in [1.165, 1.54) is 19.2 Å². The van der Waals surface area contributed by atoms with Gasteiger partial charge in [0.1, 0.15) is 0 Å². The molecule has 6 heteroatoms. The number of benzene rings is 1. The van der Waals surface area contributed by atoms with E-state index in [0.29, 0.717) is 24.3 Å². The highest BCUT2D eigenvalue weighted by molar-refractivity contribution is 6.39. The summed E-state index contributed by atoms with van der Waals surface area (Å²) in [5.41, 5.74) is 0.848. The van der Waals surface area contributed by atoms with Crippen molar-refractivity contribution in [2.45, 2.75) is 39.5 Å². The molecule has 0 aromatic heterocycles. The molecule has 0 bridgehead atoms. The number of hydrogen-bond acceptors (Lipinski definition) is 4. The van der Waals surface area contributed by atoms with Gasteiger partial charge in [-0.25, -0.2) is 4.79 Å². The second-order valence-electron chi connectivity index (χ2n) is 5.52. The van der Waals surface area contributed by atoms with Crippen LogP contribution in [0.3, 0.4) is 0 Å². The van der Waals surface area contributed by atoms with E-state index in [4.69, 9.17) is 0 Å². The van der Waals surface area contributed by atoms with Crippen molar-refractivity contribution in [3.8, 4) is 0 Å². The van der Waals surface area contributed by atoms with E-state index in [1.807, 2.05) is 13.8 Å². The van der Waals surface area contributed by atoms with Crippen molar-refractivity contribution >= 4 is 23.5 Å². The topological polar surface area (TPSA) is 75.7 Å². The SMILES string of the molecule is CCCCN(CCCC)C(=O)C(=O)Nc1ccc(C(=O)OC)cc1. The Morgan fingerprint density at radius 2 is 1.54 bits per heavy atom. The van der Waals surface area contributed by atoms with E-state index in [9.17, 15) is 14.4 Å². The molecule has 0 unspecified atom stereocenters. The molecule has 0 aliphatic rings. The van der Waals surface area contributed by atoms with Crippen LogP contribution in [0.2, 0.25) is 0 Å². The Balaban J connectivity index is 2.69. The van der Waals surface area contributed by atoms with Crippen molar-refractivity contribution in [2.24, 2.45) is 0 Å². The number of methoxy groups -OCH3 is 1. The zero-order chi connectivity index (χ0) is 17.9. The highest BCUT2D eigenvalue weighted by Gasteiger charge is 2.21. The van der Waals surface area contributed by atoms with Crippen LogP contribution in [0.5, 0.6) is 0 Å². The molecule has 0 aliphatic heterocycles. The summed E-state index contributed by atoms with van der Waals surface area (Å²) >= 11 is 0. The van der Waals surface area contributed by atoms with Crippen LogP contribution < -0.4 is 5.32 Å². The highest BCUT2D eigenvalue weighted by atomic mass is 16.5. The van der Waals surface area contributed by atoms with Gasteiger partial charge in [-0.05, 0) is 37.1 Å². The van der Waals surface area contributed by atoms with Crippen LogP contribution in [-0.4, -0.2) is 42.9 Å². The first-order chi connectivity index (χ1) is 11.5. The molecule has 1 aromatic carbocycles. The first-order valence-electron chi connectivity index (χ1n) is 8.32. The summed E-state index contributed by atoms with van der Waals surface area (Å²) in [7, 11) is 1.30. The molecule has 1 rings (SSSR count). The van der Waals surface area contributed by atoms with Gasteiger partial charge in [0, 0.05) is 18.8 Å². The van der Waals surface area contributed by atoms with Crippen molar-refractivity contribution in [3.63, 3.8) is 0 Å². The second kappa shape index (κ2) is 10.4. The lowest BCUT2D eigenvalue weighted by atomic mass is 10.2. The molecule has 1 N–H and O–H groups in total. The van der Waals surface area contributed by atoms with Crippen molar-refractivity contribution < 1.29 is 19.1 Å². The van der Waals surface area contributed by atoms with Gasteiger partial charge < -0.3 is 15.0 Å². The normalized spacial score (nSPS) is 10.1. The van der Waals surface area contributed by atoms with Gasteiger partial charge in [0.25, 0.3) is 0 Å². The van der Waals surface area contributed by atoms with Crippen LogP contribution in [0.4, 0.5) is 5.69 Å². The molecule has 132 valence electrons. The highest BCUT2D eigenvalue weighted by Crippen LogP contribution is 2.11. The molecule has 0 heterocycles. The summed E-state index contributed by atoms with van der Waals surface area (Å²) in [4.78, 5) is 37.5. The number of hydrogen-bond donors (Lipinski definition) is 1. The first-order valence-corrected chi connectivity index (χ1v) is 8.32. The molecule has 0 spiro atoms. The molecule has 0 radical (unpaired) electrons. The summed E-state index contributed by atoms with van der Waals surface area (Å²) in [6.07, 6.45) is 3.67. The molecular weight excluding hydrogens is 308 g/mol. The fourth-order valence-electron chi connectivity index (χ4n) is 2.15. The summed E-state index contributed by atoms with van der Waals surface area (Å²) in [6, 6.07) is 6.22. The van der Waals surface area contributed by atoms with E-state index in [0.717, 1.165) is 25.7 Å². The molecule has 2 amide bonds. The largest absolute Gasteiger partial charge is 0.465 e. The van der Waals surface area contributed by atoms with Gasteiger partial charge in [0.05, 0.1) is 12.7 Å². The minimum atomic E-state index is -0.659. The minimum Gasteiger partial charge on any atom is -0.465 e. The number of esters is 1. The van der Waals surface area contributed by atoms with Crippen molar-refractivity contribution in [3.05, 3.63) is 29.8 Å². The van der Waals surface area contributed by atoms with Gasteiger partial charge >= 0.3 is 17.8 Å². The van der Waals surface area contributed by atoms with Gasteiger partial charge in [-0.3, -0.25) is 9.59 Å². The van der Waals surface area contributed by atoms with E-state index >= 15 is 0 Å². The van der Waals surface area contributed by atoms with Gasteiger partial charge in [0.2, 0.25) is 0 Å². The average molecular weight is 334 g/mol. The summed E-state index contributed by atoms with van der Waals surface area (Å²) in [5, 5.41) is 2.58. The maximum Gasteiger partial charge on any atom is 0.337 e. The zero-order valence-electron chi connectivity index (χ0n) is 14.6. The first kappa shape index (κ1) is 19.7. The van der Waals surface area contributed by atoms with E-state index < -0.39 is 17.8 Å². The fourth-order valence-corrected chi connectivity index (χ4v) is 2.15. The molecular formula is C18H26N2O4. The number of unbranched alkanes of at least 4 members (excludes halogenated alkanes) is 2. The molecule has 0 aliphatic carbocycles. The number of nitrogens with zero attached hydrogens (tertiary/aromatic N) is 1. The van der Waals surface area contributed by atoms with E-state index in [2.05, 4.69) is 10.1 Å². The lowest BCUT2D eigenvalue weighted by Crippen LogP contribution is -2.40. The number of nitrogens with one attached hydrogen (secondary N) is 1. The van der Waals surface area contributed by atoms with Gasteiger partial charge in [-0.15, -0.1) is 0 Å². The Bertz CT molecular complexity index is 547. The number of rotatable bonds is 8. The molecule has 0 atom stereocenters. The molecule has 1 aromatic rings. The Kier molecular flexibility index (Phi) is 8.54. The third-order valence-corrected chi connectivity index (χ3v) is 3.61. The fraction of sp³-hybridized carbons (Fsp3) is 0.500. The summed E-state index contributed by atoms with van der Waals surface area (Å²) < 4.78 is 4.61. The van der Waals surface area contributed by atoms with Crippen LogP contribution in [0.25, 0.3) is 0 Å². The van der Waals surface area contributed by atoms with Gasteiger partial charge in [-0.1, -0.05) is 26.7 Å².